The van der Waals surface area contributed by atoms with Gasteiger partial charge in [0.15, 0.2) is 0 Å². The van der Waals surface area contributed by atoms with Gasteiger partial charge in [0.2, 0.25) is 0 Å². The number of carbonyl (C=O) groups excluding carboxylic acids is 1. The van der Waals surface area contributed by atoms with Crippen LogP contribution in [-0.4, -0.2) is 28.0 Å². The van der Waals surface area contributed by atoms with Gasteiger partial charge in [-0.05, 0) is 24.6 Å². The van der Waals surface area contributed by atoms with E-state index in [9.17, 15) is 9.59 Å². The molecule has 1 saturated heterocycles. The summed E-state index contributed by atoms with van der Waals surface area (Å²) in [5, 5.41) is 19.8. The van der Waals surface area contributed by atoms with Gasteiger partial charge in [0.1, 0.15) is 6.04 Å². The molecule has 0 radical (unpaired) electrons. The predicted octanol–water partition coefficient (Wildman–Crippen LogP) is 1.61. The Morgan fingerprint density at radius 1 is 1.45 bits per heavy atom. The summed E-state index contributed by atoms with van der Waals surface area (Å²) in [5.41, 5.74) is 1.29. The number of nitrogens with one attached hydrogen (secondary N) is 1. The fraction of sp³-hybridized carbons (Fsp3) is 0.214. The molecule has 1 aromatic rings. The van der Waals surface area contributed by atoms with Crippen LogP contribution < -0.4 is 5.32 Å². The van der Waals surface area contributed by atoms with E-state index in [-0.39, 0.29) is 11.9 Å². The minimum absolute atomic E-state index is 0.292. The van der Waals surface area contributed by atoms with Gasteiger partial charge >= 0.3 is 6.09 Å². The van der Waals surface area contributed by atoms with Gasteiger partial charge in [-0.2, -0.15) is 5.26 Å². The van der Waals surface area contributed by atoms with Gasteiger partial charge in [0, 0.05) is 6.20 Å². The Balaban J connectivity index is 2.29. The molecule has 1 aromatic carbocycles. The van der Waals surface area contributed by atoms with Gasteiger partial charge < -0.3 is 15.3 Å². The second-order valence-corrected chi connectivity index (χ2v) is 4.33. The number of hydrogen-bond acceptors (Lipinski definition) is 3. The van der Waals surface area contributed by atoms with E-state index in [1.165, 1.54) is 4.90 Å². The van der Waals surface area contributed by atoms with Crippen LogP contribution in [0.2, 0.25) is 0 Å². The molecule has 20 heavy (non-hydrogen) atoms. The van der Waals surface area contributed by atoms with E-state index in [1.807, 2.05) is 6.07 Å². The average Bonchev–Trinajstić information content (AvgIpc) is 2.45. The number of likely N-dealkylation sites (tertiary alicyclic amines) is 1. The second kappa shape index (κ2) is 5.45. The van der Waals surface area contributed by atoms with Gasteiger partial charge in [-0.1, -0.05) is 18.2 Å². The number of allylic oxidation sites excluding steroid dienone is 1. The third kappa shape index (κ3) is 2.34. The van der Waals surface area contributed by atoms with Crippen molar-refractivity contribution in [2.24, 2.45) is 0 Å². The molecule has 0 saturated carbocycles. The first-order chi connectivity index (χ1) is 9.58. The van der Waals surface area contributed by atoms with Crippen LogP contribution in [0, 0.1) is 11.3 Å². The van der Waals surface area contributed by atoms with E-state index in [1.54, 1.807) is 43.5 Å². The largest absolute Gasteiger partial charge is 0.465 e. The Morgan fingerprint density at radius 3 is 2.60 bits per heavy atom. The van der Waals surface area contributed by atoms with Crippen molar-refractivity contribution in [3.63, 3.8) is 0 Å². The van der Waals surface area contributed by atoms with Crippen molar-refractivity contribution in [1.29, 1.82) is 5.26 Å². The van der Waals surface area contributed by atoms with E-state index in [2.05, 4.69) is 5.32 Å². The Hall–Kier alpha value is -2.81. The van der Waals surface area contributed by atoms with Gasteiger partial charge in [-0.3, -0.25) is 4.79 Å². The molecule has 102 valence electrons. The van der Waals surface area contributed by atoms with Gasteiger partial charge in [0.05, 0.1) is 17.7 Å². The second-order valence-electron chi connectivity index (χ2n) is 4.33. The number of rotatable bonds is 3. The lowest BCUT2D eigenvalue weighted by Gasteiger charge is -2.45. The molecule has 1 aliphatic heterocycles. The smallest absolute Gasteiger partial charge is 0.405 e. The molecule has 1 aliphatic rings. The molecule has 0 spiro atoms. The number of carboxylic acid groups (broad SMARTS) is 1. The third-order valence-corrected chi connectivity index (χ3v) is 3.11. The first-order valence-corrected chi connectivity index (χ1v) is 6.03. The molecule has 2 atom stereocenters. The molecule has 2 N–H and O–H groups in total. The number of hydrogen-bond donors (Lipinski definition) is 2. The highest BCUT2D eigenvalue weighted by atomic mass is 16.4. The normalized spacial score (nSPS) is 21.4. The van der Waals surface area contributed by atoms with Crippen LogP contribution in [0.5, 0.6) is 0 Å². The van der Waals surface area contributed by atoms with E-state index < -0.39 is 12.1 Å². The zero-order valence-corrected chi connectivity index (χ0v) is 10.8. The minimum Gasteiger partial charge on any atom is -0.465 e. The summed E-state index contributed by atoms with van der Waals surface area (Å²) >= 11 is 0. The number of amides is 2. The molecule has 1 fully saturated rings. The average molecular weight is 271 g/mol. The first-order valence-electron chi connectivity index (χ1n) is 6.03. The molecule has 0 aliphatic carbocycles. The lowest BCUT2D eigenvalue weighted by atomic mass is 9.88. The molecule has 6 heteroatoms. The summed E-state index contributed by atoms with van der Waals surface area (Å²) in [6.45, 7) is 1.78. The van der Waals surface area contributed by atoms with E-state index in [0.29, 0.717) is 5.56 Å². The summed E-state index contributed by atoms with van der Waals surface area (Å²) in [7, 11) is 0. The van der Waals surface area contributed by atoms with Gasteiger partial charge in [0.25, 0.3) is 5.91 Å². The molecule has 6 nitrogen and oxygen atoms in total. The Bertz CT molecular complexity index is 601. The van der Waals surface area contributed by atoms with Crippen molar-refractivity contribution in [1.82, 2.24) is 10.2 Å². The van der Waals surface area contributed by atoms with Gasteiger partial charge in [-0.25, -0.2) is 4.79 Å². The number of benzene rings is 1. The summed E-state index contributed by atoms with van der Waals surface area (Å²) in [5.74, 6) is -0.292. The van der Waals surface area contributed by atoms with Crippen LogP contribution in [0.4, 0.5) is 4.79 Å². The maximum Gasteiger partial charge on any atom is 0.405 e. The van der Waals surface area contributed by atoms with Crippen molar-refractivity contribution in [3.8, 4) is 6.07 Å². The quantitative estimate of drug-likeness (QED) is 0.817. The van der Waals surface area contributed by atoms with Crippen molar-refractivity contribution < 1.29 is 14.7 Å². The van der Waals surface area contributed by atoms with Crippen LogP contribution in [-0.2, 0) is 4.79 Å². The van der Waals surface area contributed by atoms with Crippen LogP contribution >= 0.6 is 0 Å². The molecular weight excluding hydrogens is 258 g/mol. The molecular formula is C14H13N3O3. The molecule has 2 amide bonds. The molecule has 2 rings (SSSR count). The molecule has 0 bridgehead atoms. The zero-order valence-electron chi connectivity index (χ0n) is 10.8. The Morgan fingerprint density at radius 2 is 2.10 bits per heavy atom. The van der Waals surface area contributed by atoms with Crippen molar-refractivity contribution in [2.75, 3.05) is 0 Å². The topological polar surface area (TPSA) is 93.4 Å². The first kappa shape index (κ1) is 13.6. The molecule has 0 unspecified atom stereocenters. The summed E-state index contributed by atoms with van der Waals surface area (Å²) in [6.07, 6.45) is 2.10. The van der Waals surface area contributed by atoms with Crippen molar-refractivity contribution >= 4 is 12.0 Å². The highest BCUT2D eigenvalue weighted by Crippen LogP contribution is 2.35. The van der Waals surface area contributed by atoms with Crippen LogP contribution in [0.15, 0.2) is 36.5 Å². The lowest BCUT2D eigenvalue weighted by Crippen LogP contribution is -2.63. The Kier molecular flexibility index (Phi) is 3.71. The summed E-state index contributed by atoms with van der Waals surface area (Å²) in [6, 6.07) is 7.57. The van der Waals surface area contributed by atoms with Crippen LogP contribution in [0.25, 0.3) is 0 Å². The summed E-state index contributed by atoms with van der Waals surface area (Å²) in [4.78, 5) is 24.1. The van der Waals surface area contributed by atoms with E-state index in [0.717, 1.165) is 5.56 Å². The van der Waals surface area contributed by atoms with Crippen molar-refractivity contribution in [2.45, 2.75) is 19.0 Å². The Labute approximate surface area is 115 Å². The number of nitriles is 1. The fourth-order valence-electron chi connectivity index (χ4n) is 2.22. The maximum atomic E-state index is 11.9. The minimum atomic E-state index is -1.23. The van der Waals surface area contributed by atoms with Gasteiger partial charge in [-0.15, -0.1) is 0 Å². The SMILES string of the molecule is CC=CN1C(=O)[C@H](NC(=O)O)[C@@H]1c1ccc(C#N)cc1. The lowest BCUT2D eigenvalue weighted by molar-refractivity contribution is -0.146. The van der Waals surface area contributed by atoms with E-state index >= 15 is 0 Å². The van der Waals surface area contributed by atoms with Crippen molar-refractivity contribution in [3.05, 3.63) is 47.7 Å². The highest BCUT2D eigenvalue weighted by molar-refractivity contribution is 5.93. The predicted molar refractivity (Wildman–Crippen MR) is 70.5 cm³/mol. The number of carbonyl (C=O) groups is 2. The molecule has 1 heterocycles. The van der Waals surface area contributed by atoms with Crippen LogP contribution in [0.3, 0.4) is 0 Å². The standard InChI is InChI=1S/C14H13N3O3/c1-2-7-17-12(11(13(17)18)16-14(19)20)10-5-3-9(8-15)4-6-10/h2-7,11-12,16H,1H3,(H,19,20)/t11-,12+/m1/s1. The number of β-lactam (4-membered cyclic amide) rings is 1. The maximum absolute atomic E-state index is 11.9. The third-order valence-electron chi connectivity index (χ3n) is 3.11. The zero-order chi connectivity index (χ0) is 14.7. The molecule has 0 aromatic heterocycles. The summed E-state index contributed by atoms with van der Waals surface area (Å²) < 4.78 is 0. The highest BCUT2D eigenvalue weighted by Gasteiger charge is 2.47. The van der Waals surface area contributed by atoms with E-state index in [4.69, 9.17) is 10.4 Å². The number of nitrogens with zero attached hydrogens (tertiary/aromatic N) is 2. The fourth-order valence-corrected chi connectivity index (χ4v) is 2.22. The van der Waals surface area contributed by atoms with Crippen LogP contribution in [0.1, 0.15) is 24.1 Å². The monoisotopic (exact) mass is 271 g/mol.